The van der Waals surface area contributed by atoms with Crippen LogP contribution in [0.2, 0.25) is 0 Å². The fourth-order valence-corrected chi connectivity index (χ4v) is 3.44. The average Bonchev–Trinajstić information content (AvgIpc) is 2.78. The largest absolute Gasteiger partial charge is 0.494 e. The topological polar surface area (TPSA) is 59.1 Å². The third kappa shape index (κ3) is 7.37. The molecule has 0 amide bonds. The van der Waals surface area contributed by atoms with Crippen molar-refractivity contribution in [3.05, 3.63) is 65.9 Å². The Morgan fingerprint density at radius 3 is 2.38 bits per heavy atom. The first-order valence-electron chi connectivity index (χ1n) is 11.5. The van der Waals surface area contributed by atoms with Crippen molar-refractivity contribution in [1.82, 2.24) is 9.97 Å². The fraction of sp³-hybridized carbons (Fsp3) is 0.385. The van der Waals surface area contributed by atoms with Crippen molar-refractivity contribution in [2.45, 2.75) is 52.6 Å². The van der Waals surface area contributed by atoms with Gasteiger partial charge in [0, 0.05) is 17.6 Å². The van der Waals surface area contributed by atoms with Gasteiger partial charge in [-0.2, -0.15) is 18.2 Å². The summed E-state index contributed by atoms with van der Waals surface area (Å²) in [6.45, 7) is 6.91. The first-order valence-corrected chi connectivity index (χ1v) is 11.5. The monoisotopic (exact) mass is 472 g/mol. The summed E-state index contributed by atoms with van der Waals surface area (Å²) in [5, 5.41) is 5.86. The number of aromatic nitrogens is 2. The van der Waals surface area contributed by atoms with E-state index in [0.717, 1.165) is 43.2 Å². The minimum Gasteiger partial charge on any atom is -0.494 e. The molecule has 182 valence electrons. The lowest BCUT2D eigenvalue weighted by Gasteiger charge is -2.17. The lowest BCUT2D eigenvalue weighted by atomic mass is 10.0. The van der Waals surface area contributed by atoms with Crippen LogP contribution < -0.4 is 15.4 Å². The van der Waals surface area contributed by atoms with Crippen molar-refractivity contribution in [3.63, 3.8) is 0 Å². The number of hydrogen-bond donors (Lipinski definition) is 2. The zero-order valence-electron chi connectivity index (χ0n) is 19.7. The molecule has 34 heavy (non-hydrogen) atoms. The molecule has 2 N–H and O–H groups in total. The molecule has 2 aromatic carbocycles. The van der Waals surface area contributed by atoms with Crippen LogP contribution in [0.1, 0.15) is 51.2 Å². The number of anilines is 4. The highest BCUT2D eigenvalue weighted by atomic mass is 19.4. The number of halogens is 3. The van der Waals surface area contributed by atoms with Crippen LogP contribution in [0.25, 0.3) is 0 Å². The van der Waals surface area contributed by atoms with Crippen molar-refractivity contribution in [1.29, 1.82) is 0 Å². The average molecular weight is 473 g/mol. The Hall–Kier alpha value is -3.29. The summed E-state index contributed by atoms with van der Waals surface area (Å²) >= 11 is 0. The third-order valence-electron chi connectivity index (χ3n) is 5.12. The van der Waals surface area contributed by atoms with Crippen LogP contribution in [0, 0.1) is 5.92 Å². The molecule has 1 aromatic heterocycles. The van der Waals surface area contributed by atoms with E-state index in [4.69, 9.17) is 4.74 Å². The standard InChI is InChI=1S/C26H31F3N4O/c1-4-5-8-15-34-21-13-11-20(12-14-21)31-25-30-17-22(26(27,28)29)24(33-25)32-23-10-7-6-9-19(23)16-18(2)3/h6-7,9-14,17-18H,4-5,8,15-16H2,1-3H3,(H2,30,31,32,33). The van der Waals surface area contributed by atoms with Crippen molar-refractivity contribution < 1.29 is 17.9 Å². The van der Waals surface area contributed by atoms with E-state index in [9.17, 15) is 13.2 Å². The summed E-state index contributed by atoms with van der Waals surface area (Å²) in [6.07, 6.45) is 0.167. The van der Waals surface area contributed by atoms with E-state index >= 15 is 0 Å². The molecule has 0 saturated carbocycles. The smallest absolute Gasteiger partial charge is 0.421 e. The number of nitrogens with one attached hydrogen (secondary N) is 2. The van der Waals surface area contributed by atoms with Crippen molar-refractivity contribution in [2.24, 2.45) is 5.92 Å². The number of ether oxygens (including phenoxy) is 1. The number of unbranched alkanes of at least 4 members (excludes halogenated alkanes) is 2. The zero-order chi connectivity index (χ0) is 24.6. The lowest BCUT2D eigenvalue weighted by Crippen LogP contribution is -2.13. The number of benzene rings is 2. The molecule has 0 aliphatic heterocycles. The molecule has 0 aliphatic carbocycles. The van der Waals surface area contributed by atoms with Gasteiger partial charge in [0.25, 0.3) is 0 Å². The van der Waals surface area contributed by atoms with E-state index < -0.39 is 11.7 Å². The van der Waals surface area contributed by atoms with Gasteiger partial charge in [0.15, 0.2) is 0 Å². The van der Waals surface area contributed by atoms with Crippen molar-refractivity contribution in [3.8, 4) is 5.75 Å². The van der Waals surface area contributed by atoms with E-state index in [0.29, 0.717) is 23.9 Å². The lowest BCUT2D eigenvalue weighted by molar-refractivity contribution is -0.137. The summed E-state index contributed by atoms with van der Waals surface area (Å²) in [6, 6.07) is 14.5. The molecule has 0 bridgehead atoms. The molecule has 3 rings (SSSR count). The van der Waals surface area contributed by atoms with Crippen molar-refractivity contribution >= 4 is 23.1 Å². The van der Waals surface area contributed by atoms with Crippen LogP contribution in [0.5, 0.6) is 5.75 Å². The van der Waals surface area contributed by atoms with Crippen LogP contribution in [-0.4, -0.2) is 16.6 Å². The van der Waals surface area contributed by atoms with Gasteiger partial charge in [-0.3, -0.25) is 0 Å². The zero-order valence-corrected chi connectivity index (χ0v) is 19.7. The number of rotatable bonds is 11. The highest BCUT2D eigenvalue weighted by Crippen LogP contribution is 2.36. The van der Waals surface area contributed by atoms with Crippen LogP contribution in [-0.2, 0) is 12.6 Å². The number of nitrogens with zero attached hydrogens (tertiary/aromatic N) is 2. The second-order valence-corrected chi connectivity index (χ2v) is 8.54. The second-order valence-electron chi connectivity index (χ2n) is 8.54. The minimum atomic E-state index is -4.59. The Bertz CT molecular complexity index is 1050. The van der Waals surface area contributed by atoms with Gasteiger partial charge >= 0.3 is 6.18 Å². The van der Waals surface area contributed by atoms with Crippen LogP contribution in [0.4, 0.5) is 36.3 Å². The Balaban J connectivity index is 1.80. The molecule has 3 aromatic rings. The SMILES string of the molecule is CCCCCOc1ccc(Nc2ncc(C(F)(F)F)c(Nc3ccccc3CC(C)C)n2)cc1. The predicted octanol–water partition coefficient (Wildman–Crippen LogP) is 7.75. The number of para-hydroxylation sites is 1. The Morgan fingerprint density at radius 1 is 0.971 bits per heavy atom. The first kappa shape index (κ1) is 25.3. The summed E-state index contributed by atoms with van der Waals surface area (Å²) in [5.74, 6) is 0.857. The van der Waals surface area contributed by atoms with Gasteiger partial charge in [0.2, 0.25) is 5.95 Å². The van der Waals surface area contributed by atoms with Crippen LogP contribution in [0.3, 0.4) is 0 Å². The molecular weight excluding hydrogens is 441 g/mol. The summed E-state index contributed by atoms with van der Waals surface area (Å²) in [5.41, 5.74) is 1.24. The molecule has 0 aliphatic rings. The van der Waals surface area contributed by atoms with E-state index in [2.05, 4.69) is 41.4 Å². The molecule has 0 radical (unpaired) electrons. The van der Waals surface area contributed by atoms with Crippen LogP contribution in [0.15, 0.2) is 54.7 Å². The molecule has 0 saturated heterocycles. The number of alkyl halides is 3. The first-order chi connectivity index (χ1) is 16.3. The normalized spacial score (nSPS) is 11.5. The van der Waals surface area contributed by atoms with Gasteiger partial charge < -0.3 is 15.4 Å². The van der Waals surface area contributed by atoms with Gasteiger partial charge in [0.1, 0.15) is 17.1 Å². The highest BCUT2D eigenvalue weighted by molar-refractivity contribution is 5.65. The van der Waals surface area contributed by atoms with E-state index in [1.54, 1.807) is 36.4 Å². The summed E-state index contributed by atoms with van der Waals surface area (Å²) in [4.78, 5) is 8.05. The molecular formula is C26H31F3N4O. The molecule has 8 heteroatoms. The Kier molecular flexibility index (Phi) is 8.73. The van der Waals surface area contributed by atoms with Crippen molar-refractivity contribution in [2.75, 3.05) is 17.2 Å². The van der Waals surface area contributed by atoms with Gasteiger partial charge in [-0.05, 0) is 54.7 Å². The van der Waals surface area contributed by atoms with Gasteiger partial charge in [-0.1, -0.05) is 51.8 Å². The van der Waals surface area contributed by atoms with Gasteiger partial charge in [-0.15, -0.1) is 0 Å². The second kappa shape index (κ2) is 11.7. The van der Waals surface area contributed by atoms with E-state index in [1.165, 1.54) is 0 Å². The Labute approximate surface area is 198 Å². The highest BCUT2D eigenvalue weighted by Gasteiger charge is 2.35. The number of hydrogen-bond acceptors (Lipinski definition) is 5. The molecule has 0 unspecified atom stereocenters. The predicted molar refractivity (Wildman–Crippen MR) is 130 cm³/mol. The fourth-order valence-electron chi connectivity index (χ4n) is 3.44. The molecule has 1 heterocycles. The molecule has 5 nitrogen and oxygen atoms in total. The Morgan fingerprint density at radius 2 is 1.71 bits per heavy atom. The molecule has 0 atom stereocenters. The van der Waals surface area contributed by atoms with E-state index in [-0.39, 0.29) is 11.8 Å². The maximum absolute atomic E-state index is 13.7. The summed E-state index contributed by atoms with van der Waals surface area (Å²) in [7, 11) is 0. The van der Waals surface area contributed by atoms with E-state index in [1.807, 2.05) is 12.1 Å². The summed E-state index contributed by atoms with van der Waals surface area (Å²) < 4.78 is 46.7. The maximum atomic E-state index is 13.7. The molecule has 0 fully saturated rings. The quantitative estimate of drug-likeness (QED) is 0.279. The van der Waals surface area contributed by atoms with Crippen LogP contribution >= 0.6 is 0 Å². The third-order valence-corrected chi connectivity index (χ3v) is 5.12. The van der Waals surface area contributed by atoms with Gasteiger partial charge in [-0.25, -0.2) is 4.98 Å². The minimum absolute atomic E-state index is 0.0634. The molecule has 0 spiro atoms. The van der Waals surface area contributed by atoms with Gasteiger partial charge in [0.05, 0.1) is 6.61 Å². The maximum Gasteiger partial charge on any atom is 0.421 e.